The topological polar surface area (TPSA) is 21.3 Å². The molecule has 0 spiro atoms. The van der Waals surface area contributed by atoms with Gasteiger partial charge in [0.15, 0.2) is 0 Å². The van der Waals surface area contributed by atoms with Crippen LogP contribution in [0.3, 0.4) is 0 Å². The van der Waals surface area contributed by atoms with Gasteiger partial charge in [0, 0.05) is 27.4 Å². The fraction of sp³-hybridized carbons (Fsp3) is 0.750. The van der Waals surface area contributed by atoms with Crippen LogP contribution >= 0.6 is 27.3 Å². The molecule has 0 amide bonds. The first kappa shape index (κ1) is 18.1. The van der Waals surface area contributed by atoms with E-state index in [9.17, 15) is 0 Å². The number of ether oxygens (including phenoxy) is 1. The predicted molar refractivity (Wildman–Crippen MR) is 92.7 cm³/mol. The third-order valence-corrected chi connectivity index (χ3v) is 4.98. The largest absolute Gasteiger partial charge is 0.376 e. The summed E-state index contributed by atoms with van der Waals surface area (Å²) < 4.78 is 7.25. The number of nitrogens with one attached hydrogen (secondary N) is 1. The molecule has 0 aliphatic carbocycles. The Bertz CT molecular complexity index is 386. The molecule has 1 heterocycles. The molecule has 0 aliphatic heterocycles. The van der Waals surface area contributed by atoms with Crippen LogP contribution in [0.4, 0.5) is 0 Å². The highest BCUT2D eigenvalue weighted by Gasteiger charge is 2.32. The Morgan fingerprint density at radius 3 is 2.50 bits per heavy atom. The average Bonchev–Trinajstić information content (AvgIpc) is 2.76. The van der Waals surface area contributed by atoms with E-state index in [1.807, 2.05) is 11.3 Å². The molecule has 0 radical (unpaired) electrons. The average molecular weight is 362 g/mol. The monoisotopic (exact) mass is 361 g/mol. The van der Waals surface area contributed by atoms with E-state index in [1.54, 1.807) is 0 Å². The van der Waals surface area contributed by atoms with Crippen molar-refractivity contribution in [3.63, 3.8) is 0 Å². The lowest BCUT2D eigenvalue weighted by Crippen LogP contribution is -2.49. The Hall–Kier alpha value is 0.1000. The highest BCUT2D eigenvalue weighted by molar-refractivity contribution is 9.10. The van der Waals surface area contributed by atoms with Crippen molar-refractivity contribution in [1.82, 2.24) is 5.32 Å². The first-order valence-corrected chi connectivity index (χ1v) is 9.13. The van der Waals surface area contributed by atoms with Crippen molar-refractivity contribution in [3.05, 3.63) is 20.8 Å². The third kappa shape index (κ3) is 5.84. The Labute approximate surface area is 136 Å². The minimum Gasteiger partial charge on any atom is -0.376 e. The van der Waals surface area contributed by atoms with E-state index in [2.05, 4.69) is 67.3 Å². The highest BCUT2D eigenvalue weighted by atomic mass is 79.9. The van der Waals surface area contributed by atoms with E-state index in [4.69, 9.17) is 4.74 Å². The number of rotatable bonds is 8. The van der Waals surface area contributed by atoms with Gasteiger partial charge < -0.3 is 10.1 Å². The second-order valence-electron chi connectivity index (χ2n) is 6.24. The summed E-state index contributed by atoms with van der Waals surface area (Å²) in [6.07, 6.45) is 2.39. The molecule has 0 saturated heterocycles. The van der Waals surface area contributed by atoms with E-state index >= 15 is 0 Å². The molecule has 1 aromatic rings. The van der Waals surface area contributed by atoms with Crippen molar-refractivity contribution in [2.24, 2.45) is 5.41 Å². The summed E-state index contributed by atoms with van der Waals surface area (Å²) in [7, 11) is 0. The quantitative estimate of drug-likeness (QED) is 0.712. The molecule has 2 atom stereocenters. The van der Waals surface area contributed by atoms with Gasteiger partial charge in [0.25, 0.3) is 0 Å². The fourth-order valence-corrected chi connectivity index (χ4v) is 3.95. The summed E-state index contributed by atoms with van der Waals surface area (Å²) in [5.41, 5.74) is 0.135. The molecule has 0 bridgehead atoms. The Morgan fingerprint density at radius 1 is 1.35 bits per heavy atom. The Kier molecular flexibility index (Phi) is 7.73. The second-order valence-corrected chi connectivity index (χ2v) is 8.15. The highest BCUT2D eigenvalue weighted by Crippen LogP contribution is 2.29. The SMILES string of the molecule is CCCNC(Cc1cc(Br)cs1)C(OCC)C(C)(C)C. The van der Waals surface area contributed by atoms with Gasteiger partial charge in [-0.2, -0.15) is 0 Å². The van der Waals surface area contributed by atoms with Crippen LogP contribution < -0.4 is 5.32 Å². The van der Waals surface area contributed by atoms with Gasteiger partial charge in [0.1, 0.15) is 0 Å². The lowest BCUT2D eigenvalue weighted by atomic mass is 9.83. The number of thiophene rings is 1. The van der Waals surface area contributed by atoms with Crippen molar-refractivity contribution in [2.45, 2.75) is 59.6 Å². The minimum absolute atomic E-state index is 0.135. The molecule has 20 heavy (non-hydrogen) atoms. The number of hydrogen-bond donors (Lipinski definition) is 1. The molecule has 4 heteroatoms. The van der Waals surface area contributed by atoms with Gasteiger partial charge in [-0.05, 0) is 53.7 Å². The van der Waals surface area contributed by atoms with E-state index in [0.29, 0.717) is 6.04 Å². The van der Waals surface area contributed by atoms with Crippen molar-refractivity contribution in [3.8, 4) is 0 Å². The maximum absolute atomic E-state index is 6.08. The Balaban J connectivity index is 2.84. The molecule has 2 unspecified atom stereocenters. The zero-order chi connectivity index (χ0) is 15.2. The summed E-state index contributed by atoms with van der Waals surface area (Å²) in [4.78, 5) is 1.40. The Morgan fingerprint density at radius 2 is 2.05 bits per heavy atom. The van der Waals surface area contributed by atoms with Crippen molar-refractivity contribution < 1.29 is 4.74 Å². The van der Waals surface area contributed by atoms with Crippen molar-refractivity contribution >= 4 is 27.3 Å². The number of halogens is 1. The van der Waals surface area contributed by atoms with Gasteiger partial charge in [0.2, 0.25) is 0 Å². The second kappa shape index (κ2) is 8.52. The molecule has 2 nitrogen and oxygen atoms in total. The summed E-state index contributed by atoms with van der Waals surface area (Å²) >= 11 is 5.36. The smallest absolute Gasteiger partial charge is 0.0779 e. The van der Waals surface area contributed by atoms with Crippen LogP contribution in [0.2, 0.25) is 0 Å². The molecule has 116 valence electrons. The third-order valence-electron chi connectivity index (χ3n) is 3.26. The summed E-state index contributed by atoms with van der Waals surface area (Å²) in [5, 5.41) is 5.84. The van der Waals surface area contributed by atoms with E-state index < -0.39 is 0 Å². The molecular weight excluding hydrogens is 334 g/mol. The van der Waals surface area contributed by atoms with Gasteiger partial charge in [-0.3, -0.25) is 0 Å². The maximum atomic E-state index is 6.08. The van der Waals surface area contributed by atoms with Gasteiger partial charge in [-0.1, -0.05) is 27.7 Å². The van der Waals surface area contributed by atoms with Crippen LogP contribution in [0.5, 0.6) is 0 Å². The first-order valence-electron chi connectivity index (χ1n) is 7.46. The molecule has 0 saturated carbocycles. The van der Waals surface area contributed by atoms with Crippen LogP contribution in [-0.4, -0.2) is 25.3 Å². The van der Waals surface area contributed by atoms with Gasteiger partial charge in [0.05, 0.1) is 6.10 Å². The van der Waals surface area contributed by atoms with E-state index in [-0.39, 0.29) is 11.5 Å². The van der Waals surface area contributed by atoms with Gasteiger partial charge in [-0.15, -0.1) is 11.3 Å². The van der Waals surface area contributed by atoms with Gasteiger partial charge >= 0.3 is 0 Å². The lowest BCUT2D eigenvalue weighted by molar-refractivity contribution is -0.0353. The zero-order valence-corrected chi connectivity index (χ0v) is 15.7. The zero-order valence-electron chi connectivity index (χ0n) is 13.3. The molecular formula is C16H28BrNOS. The van der Waals surface area contributed by atoms with Crippen LogP contribution in [0.1, 0.15) is 45.9 Å². The normalized spacial score (nSPS) is 15.3. The predicted octanol–water partition coefficient (Wildman–Crippen LogP) is 4.87. The lowest BCUT2D eigenvalue weighted by Gasteiger charge is -2.37. The summed E-state index contributed by atoms with van der Waals surface area (Å²) in [6, 6.07) is 2.58. The van der Waals surface area contributed by atoms with E-state index in [1.165, 1.54) is 9.35 Å². The van der Waals surface area contributed by atoms with Crippen LogP contribution in [0, 0.1) is 5.41 Å². The fourth-order valence-electron chi connectivity index (χ4n) is 2.44. The standard InChI is InChI=1S/C16H28BrNOS/c1-6-8-18-14(10-13-9-12(17)11-20-13)15(19-7-2)16(3,4)5/h9,11,14-15,18H,6-8,10H2,1-5H3. The first-order chi connectivity index (χ1) is 9.38. The van der Waals surface area contributed by atoms with Crippen molar-refractivity contribution in [1.29, 1.82) is 0 Å². The number of hydrogen-bond acceptors (Lipinski definition) is 3. The summed E-state index contributed by atoms with van der Waals surface area (Å²) in [5.74, 6) is 0. The van der Waals surface area contributed by atoms with Crippen molar-refractivity contribution in [2.75, 3.05) is 13.2 Å². The molecule has 1 N–H and O–H groups in total. The van der Waals surface area contributed by atoms with Crippen LogP contribution in [-0.2, 0) is 11.2 Å². The minimum atomic E-state index is 0.135. The molecule has 1 rings (SSSR count). The van der Waals surface area contributed by atoms with Gasteiger partial charge in [-0.25, -0.2) is 0 Å². The summed E-state index contributed by atoms with van der Waals surface area (Å²) in [6.45, 7) is 12.9. The maximum Gasteiger partial charge on any atom is 0.0779 e. The van der Waals surface area contributed by atoms with Crippen LogP contribution in [0.15, 0.2) is 15.9 Å². The molecule has 0 aliphatic rings. The molecule has 1 aromatic heterocycles. The molecule has 0 fully saturated rings. The van der Waals surface area contributed by atoms with E-state index in [0.717, 1.165) is 26.0 Å². The molecule has 0 aromatic carbocycles. The van der Waals surface area contributed by atoms with Crippen LogP contribution in [0.25, 0.3) is 0 Å².